The number of benzene rings is 5. The Balaban J connectivity index is 1.46. The Morgan fingerprint density at radius 1 is 0.675 bits per heavy atom. The van der Waals surface area contributed by atoms with Gasteiger partial charge in [0, 0.05) is 11.1 Å². The van der Waals surface area contributed by atoms with Gasteiger partial charge in [0.25, 0.3) is 11.8 Å². The third-order valence-corrected chi connectivity index (χ3v) is 7.20. The Hall–Kier alpha value is -5.22. The van der Waals surface area contributed by atoms with Gasteiger partial charge in [-0.05, 0) is 65.1 Å². The van der Waals surface area contributed by atoms with Crippen molar-refractivity contribution in [3.63, 3.8) is 0 Å². The number of hydrogen-bond donors (Lipinski definition) is 1. The molecule has 40 heavy (non-hydrogen) atoms. The van der Waals surface area contributed by atoms with Gasteiger partial charge in [-0.2, -0.15) is 0 Å². The molecule has 1 aliphatic rings. The molecule has 2 amide bonds. The topological polar surface area (TPSA) is 49.4 Å². The Bertz CT molecular complexity index is 1660. The van der Waals surface area contributed by atoms with Gasteiger partial charge in [-0.1, -0.05) is 109 Å². The summed E-state index contributed by atoms with van der Waals surface area (Å²) in [5, 5.41) is 3.12. The van der Waals surface area contributed by atoms with Crippen LogP contribution in [0.25, 0.3) is 12.2 Å². The normalized spacial score (nSPS) is 14.2. The van der Waals surface area contributed by atoms with Crippen molar-refractivity contribution in [2.75, 3.05) is 10.2 Å². The Morgan fingerprint density at radius 2 is 1.25 bits per heavy atom. The van der Waals surface area contributed by atoms with Gasteiger partial charge >= 0.3 is 0 Å². The van der Waals surface area contributed by atoms with E-state index in [1.807, 2.05) is 120 Å². The number of anilines is 2. The van der Waals surface area contributed by atoms with Crippen LogP contribution in [0.4, 0.5) is 11.4 Å². The summed E-state index contributed by atoms with van der Waals surface area (Å²) in [5.74, 6) is -0.269. The average Bonchev–Trinajstić information content (AvgIpc) is 3.39. The molecule has 1 atom stereocenters. The zero-order valence-corrected chi connectivity index (χ0v) is 21.9. The van der Waals surface area contributed by atoms with Crippen molar-refractivity contribution >= 4 is 35.3 Å². The number of carbonyl (C=O) groups excluding carboxylic acids is 2. The summed E-state index contributed by atoms with van der Waals surface area (Å²) < 4.78 is 0. The van der Waals surface area contributed by atoms with Gasteiger partial charge < -0.3 is 10.2 Å². The van der Waals surface area contributed by atoms with Gasteiger partial charge in [0.1, 0.15) is 0 Å². The molecule has 4 nitrogen and oxygen atoms in total. The molecule has 1 heterocycles. The molecule has 194 valence electrons. The summed E-state index contributed by atoms with van der Waals surface area (Å²) in [7, 11) is 0. The van der Waals surface area contributed by atoms with Gasteiger partial charge in [-0.3, -0.25) is 9.59 Å². The van der Waals surface area contributed by atoms with Crippen LogP contribution < -0.4 is 10.2 Å². The maximum Gasteiger partial charge on any atom is 0.258 e. The minimum atomic E-state index is -0.201. The fraction of sp³-hybridized carbons (Fsp3) is 0.0556. The lowest BCUT2D eigenvalue weighted by Gasteiger charge is -2.26. The second kappa shape index (κ2) is 11.3. The maximum atomic E-state index is 14.0. The Kier molecular flexibility index (Phi) is 7.06. The van der Waals surface area contributed by atoms with E-state index in [1.54, 1.807) is 12.1 Å². The summed E-state index contributed by atoms with van der Waals surface area (Å²) in [4.78, 5) is 29.1. The Morgan fingerprint density at radius 3 is 1.90 bits per heavy atom. The highest BCUT2D eigenvalue weighted by molar-refractivity contribution is 6.10. The molecule has 0 aliphatic carbocycles. The van der Waals surface area contributed by atoms with Crippen LogP contribution in [0.3, 0.4) is 0 Å². The highest BCUT2D eigenvalue weighted by Gasteiger charge is 2.36. The Labute approximate surface area is 234 Å². The van der Waals surface area contributed by atoms with Crippen molar-refractivity contribution in [1.29, 1.82) is 0 Å². The molecule has 0 saturated heterocycles. The van der Waals surface area contributed by atoms with E-state index in [4.69, 9.17) is 0 Å². The zero-order chi connectivity index (χ0) is 27.3. The molecule has 1 aliphatic heterocycles. The van der Waals surface area contributed by atoms with Crippen LogP contribution in [0, 0.1) is 0 Å². The lowest BCUT2D eigenvalue weighted by molar-refractivity contribution is 0.0978. The molecule has 1 N–H and O–H groups in total. The first-order chi connectivity index (χ1) is 19.7. The number of amides is 2. The summed E-state index contributed by atoms with van der Waals surface area (Å²) in [6, 6.07) is 42.6. The standard InChI is InChI=1S/C36H28N2O2/c39-35(28-17-9-3-10-18-28)37-32-25-34-31(23-30(32)22-21-26-13-5-1-6-14-26)24-33(27-15-7-2-8-16-27)38(34)36(40)29-19-11-4-12-20-29/h1-23,25,33H,24H2,(H,37,39)/t33-/m0/s1. The fourth-order valence-corrected chi connectivity index (χ4v) is 5.20. The second-order valence-corrected chi connectivity index (χ2v) is 9.80. The summed E-state index contributed by atoms with van der Waals surface area (Å²) in [6.07, 6.45) is 4.74. The van der Waals surface area contributed by atoms with Crippen molar-refractivity contribution in [2.24, 2.45) is 0 Å². The molecule has 0 bridgehead atoms. The van der Waals surface area contributed by atoms with E-state index < -0.39 is 0 Å². The van der Waals surface area contributed by atoms with E-state index >= 15 is 0 Å². The number of carbonyl (C=O) groups is 2. The number of nitrogens with zero attached hydrogens (tertiary/aromatic N) is 1. The minimum absolute atomic E-state index is 0.0684. The smallest absolute Gasteiger partial charge is 0.258 e. The summed E-state index contributed by atoms with van der Waals surface area (Å²) in [5.41, 5.74) is 6.73. The summed E-state index contributed by atoms with van der Waals surface area (Å²) in [6.45, 7) is 0. The van der Waals surface area contributed by atoms with Crippen LogP contribution in [-0.4, -0.2) is 11.8 Å². The van der Waals surface area contributed by atoms with Crippen LogP contribution in [0.2, 0.25) is 0 Å². The number of nitrogens with one attached hydrogen (secondary N) is 1. The van der Waals surface area contributed by atoms with Crippen LogP contribution in [0.1, 0.15) is 49.0 Å². The highest BCUT2D eigenvalue weighted by Crippen LogP contribution is 2.44. The zero-order valence-electron chi connectivity index (χ0n) is 21.9. The van der Waals surface area contributed by atoms with Crippen LogP contribution in [0.5, 0.6) is 0 Å². The monoisotopic (exact) mass is 520 g/mol. The first kappa shape index (κ1) is 25.1. The van der Waals surface area contributed by atoms with Crippen molar-refractivity contribution in [3.8, 4) is 0 Å². The van der Waals surface area contributed by atoms with Crippen LogP contribution in [-0.2, 0) is 6.42 Å². The first-order valence-corrected chi connectivity index (χ1v) is 13.4. The van der Waals surface area contributed by atoms with Crippen molar-refractivity contribution in [1.82, 2.24) is 0 Å². The number of hydrogen-bond acceptors (Lipinski definition) is 2. The number of fused-ring (bicyclic) bond motifs is 1. The van der Waals surface area contributed by atoms with E-state index in [1.165, 1.54) is 0 Å². The van der Waals surface area contributed by atoms with Gasteiger partial charge in [-0.15, -0.1) is 0 Å². The van der Waals surface area contributed by atoms with Gasteiger partial charge in [0.05, 0.1) is 17.4 Å². The lowest BCUT2D eigenvalue weighted by Crippen LogP contribution is -2.32. The van der Waals surface area contributed by atoms with Crippen molar-refractivity contribution < 1.29 is 9.59 Å². The van der Waals surface area contributed by atoms with Gasteiger partial charge in [-0.25, -0.2) is 0 Å². The van der Waals surface area contributed by atoms with Crippen LogP contribution >= 0.6 is 0 Å². The van der Waals surface area contributed by atoms with E-state index in [2.05, 4.69) is 23.5 Å². The minimum Gasteiger partial charge on any atom is -0.321 e. The predicted octanol–water partition coefficient (Wildman–Crippen LogP) is 8.05. The first-order valence-electron chi connectivity index (χ1n) is 13.4. The molecule has 0 aromatic heterocycles. The van der Waals surface area contributed by atoms with Gasteiger partial charge in [0.2, 0.25) is 0 Å². The maximum absolute atomic E-state index is 14.0. The van der Waals surface area contributed by atoms with Crippen LogP contribution in [0.15, 0.2) is 133 Å². The third-order valence-electron chi connectivity index (χ3n) is 7.20. The second-order valence-electron chi connectivity index (χ2n) is 9.80. The highest BCUT2D eigenvalue weighted by atomic mass is 16.2. The predicted molar refractivity (Wildman–Crippen MR) is 162 cm³/mol. The van der Waals surface area contributed by atoms with E-state index in [0.717, 1.165) is 27.9 Å². The molecule has 0 fully saturated rings. The molecule has 0 radical (unpaired) electrons. The molecule has 0 spiro atoms. The quantitative estimate of drug-likeness (QED) is 0.230. The lowest BCUT2D eigenvalue weighted by atomic mass is 10.00. The van der Waals surface area contributed by atoms with Gasteiger partial charge in [0.15, 0.2) is 0 Å². The summed E-state index contributed by atoms with van der Waals surface area (Å²) >= 11 is 0. The average molecular weight is 521 g/mol. The fourth-order valence-electron chi connectivity index (χ4n) is 5.20. The number of rotatable bonds is 6. The van der Waals surface area contributed by atoms with E-state index in [-0.39, 0.29) is 17.9 Å². The molecular formula is C36H28N2O2. The van der Waals surface area contributed by atoms with E-state index in [0.29, 0.717) is 23.2 Å². The molecule has 0 saturated carbocycles. The SMILES string of the molecule is O=C(Nc1cc2c(cc1C=Cc1ccccc1)C[C@@H](c1ccccc1)N2C(=O)c1ccccc1)c1ccccc1. The molecule has 5 aromatic carbocycles. The van der Waals surface area contributed by atoms with E-state index in [9.17, 15) is 9.59 Å². The van der Waals surface area contributed by atoms with Crippen molar-refractivity contribution in [2.45, 2.75) is 12.5 Å². The molecule has 6 rings (SSSR count). The third kappa shape index (κ3) is 5.20. The molecule has 4 heteroatoms. The molecular weight excluding hydrogens is 492 g/mol. The molecule has 0 unspecified atom stereocenters. The largest absolute Gasteiger partial charge is 0.321 e. The van der Waals surface area contributed by atoms with Crippen molar-refractivity contribution in [3.05, 3.63) is 167 Å². The molecule has 5 aromatic rings.